The van der Waals surface area contributed by atoms with Crippen LogP contribution in [0.4, 0.5) is 4.79 Å². The van der Waals surface area contributed by atoms with Gasteiger partial charge in [0.15, 0.2) is 0 Å². The Morgan fingerprint density at radius 1 is 1.23 bits per heavy atom. The van der Waals surface area contributed by atoms with E-state index >= 15 is 0 Å². The van der Waals surface area contributed by atoms with E-state index in [1.54, 1.807) is 12.1 Å². The molecule has 2 amide bonds. The van der Waals surface area contributed by atoms with Gasteiger partial charge in [-0.15, -0.1) is 0 Å². The van der Waals surface area contributed by atoms with Crippen LogP contribution in [0.25, 0.3) is 0 Å². The van der Waals surface area contributed by atoms with Crippen molar-refractivity contribution in [1.82, 2.24) is 10.6 Å². The van der Waals surface area contributed by atoms with Crippen LogP contribution in [0.1, 0.15) is 32.4 Å². The number of benzene rings is 1. The van der Waals surface area contributed by atoms with Gasteiger partial charge in [0.1, 0.15) is 18.3 Å². The van der Waals surface area contributed by atoms with E-state index in [1.807, 2.05) is 32.9 Å². The second kappa shape index (κ2) is 9.24. The highest BCUT2D eigenvalue weighted by atomic mass is 16.6. The van der Waals surface area contributed by atoms with Gasteiger partial charge in [0.25, 0.3) is 0 Å². The van der Waals surface area contributed by atoms with Crippen molar-refractivity contribution in [2.24, 2.45) is 5.92 Å². The molecule has 0 unspecified atom stereocenters. The molecule has 1 aromatic rings. The van der Waals surface area contributed by atoms with Gasteiger partial charge < -0.3 is 24.8 Å². The van der Waals surface area contributed by atoms with Crippen LogP contribution in [0.5, 0.6) is 5.75 Å². The van der Waals surface area contributed by atoms with E-state index in [0.717, 1.165) is 11.3 Å². The van der Waals surface area contributed by atoms with Crippen LogP contribution in [-0.2, 0) is 14.3 Å². The molecule has 1 heterocycles. The van der Waals surface area contributed by atoms with Crippen molar-refractivity contribution in [1.29, 1.82) is 0 Å². The first-order valence-corrected chi connectivity index (χ1v) is 8.69. The van der Waals surface area contributed by atoms with Crippen LogP contribution < -0.4 is 15.4 Å². The fourth-order valence-corrected chi connectivity index (χ4v) is 2.69. The molecule has 0 spiro atoms. The lowest BCUT2D eigenvalue weighted by Crippen LogP contribution is -2.51. The highest BCUT2D eigenvalue weighted by molar-refractivity contribution is 5.85. The number of rotatable bonds is 8. The lowest BCUT2D eigenvalue weighted by Gasteiger charge is -2.33. The van der Waals surface area contributed by atoms with Gasteiger partial charge in [-0.25, -0.2) is 4.79 Å². The van der Waals surface area contributed by atoms with Crippen molar-refractivity contribution >= 4 is 12.0 Å². The van der Waals surface area contributed by atoms with Gasteiger partial charge in [-0.3, -0.25) is 4.79 Å². The van der Waals surface area contributed by atoms with Gasteiger partial charge in [0.2, 0.25) is 0 Å². The second-order valence-electron chi connectivity index (χ2n) is 6.17. The topological polar surface area (TPSA) is 85.9 Å². The van der Waals surface area contributed by atoms with Crippen LogP contribution >= 0.6 is 0 Å². The number of esters is 1. The molecule has 0 bridgehead atoms. The standard InChI is InChI=1S/C19H26N2O5/c1-5-24-15-8-6-14(7-9-15)17-16(13(4)20-19(23)21-17)18(22)26-11-10-25-12(2)3/h6-9,12,16-17H,4-5,10-11H2,1-3H3,(H2,20,21,23)/t16-,17+/m0/s1. The van der Waals surface area contributed by atoms with Gasteiger partial charge in [0.05, 0.1) is 25.4 Å². The smallest absolute Gasteiger partial charge is 0.319 e. The van der Waals surface area contributed by atoms with E-state index in [9.17, 15) is 9.59 Å². The Bertz CT molecular complexity index is 642. The Morgan fingerprint density at radius 3 is 2.54 bits per heavy atom. The zero-order valence-corrected chi connectivity index (χ0v) is 15.4. The maximum absolute atomic E-state index is 12.6. The third kappa shape index (κ3) is 5.23. The van der Waals surface area contributed by atoms with Crippen molar-refractivity contribution in [3.8, 4) is 5.75 Å². The van der Waals surface area contributed by atoms with Gasteiger partial charge in [0, 0.05) is 5.70 Å². The highest BCUT2D eigenvalue weighted by Gasteiger charge is 2.38. The SMILES string of the molecule is C=C1NC(=O)N[C@H](c2ccc(OCC)cc2)[C@H]1C(=O)OCCOC(C)C. The van der Waals surface area contributed by atoms with Crippen molar-refractivity contribution in [3.63, 3.8) is 0 Å². The predicted octanol–water partition coefficient (Wildman–Crippen LogP) is 2.54. The molecule has 7 heteroatoms. The van der Waals surface area contributed by atoms with Gasteiger partial charge in [-0.2, -0.15) is 0 Å². The fourth-order valence-electron chi connectivity index (χ4n) is 2.69. The Labute approximate surface area is 153 Å². The molecule has 1 aliphatic heterocycles. The third-order valence-electron chi connectivity index (χ3n) is 3.85. The number of hydrogen-bond acceptors (Lipinski definition) is 5. The zero-order valence-electron chi connectivity index (χ0n) is 15.4. The van der Waals surface area contributed by atoms with Gasteiger partial charge in [-0.05, 0) is 38.5 Å². The molecule has 2 N–H and O–H groups in total. The number of amides is 2. The Kier molecular flexibility index (Phi) is 7.03. The van der Waals surface area contributed by atoms with Crippen molar-refractivity contribution in [2.45, 2.75) is 32.9 Å². The summed E-state index contributed by atoms with van der Waals surface area (Å²) in [6.07, 6.45) is 0.0657. The molecule has 2 atom stereocenters. The average molecular weight is 362 g/mol. The summed E-state index contributed by atoms with van der Waals surface area (Å²) >= 11 is 0. The Hall–Kier alpha value is -2.54. The number of carbonyl (C=O) groups excluding carboxylic acids is 2. The number of urea groups is 1. The summed E-state index contributed by atoms with van der Waals surface area (Å²) in [5.74, 6) is -0.473. The molecule has 0 saturated carbocycles. The van der Waals surface area contributed by atoms with Crippen LogP contribution in [0, 0.1) is 5.92 Å². The zero-order chi connectivity index (χ0) is 19.1. The van der Waals surface area contributed by atoms with Crippen LogP contribution in [-0.4, -0.2) is 37.9 Å². The summed E-state index contributed by atoms with van der Waals surface area (Å²) in [6, 6.07) is 6.27. The van der Waals surface area contributed by atoms with E-state index < -0.39 is 24.0 Å². The molecular formula is C19H26N2O5. The number of nitrogens with one attached hydrogen (secondary N) is 2. The molecular weight excluding hydrogens is 336 g/mol. The molecule has 7 nitrogen and oxygen atoms in total. The van der Waals surface area contributed by atoms with Crippen molar-refractivity contribution < 1.29 is 23.8 Å². The summed E-state index contributed by atoms with van der Waals surface area (Å²) in [6.45, 7) is 10.6. The van der Waals surface area contributed by atoms with Crippen molar-refractivity contribution in [2.75, 3.05) is 19.8 Å². The fraction of sp³-hybridized carbons (Fsp3) is 0.474. The minimum Gasteiger partial charge on any atom is -0.494 e. The van der Waals surface area contributed by atoms with Gasteiger partial charge >= 0.3 is 12.0 Å². The number of ether oxygens (including phenoxy) is 3. The maximum atomic E-state index is 12.6. The van der Waals surface area contributed by atoms with Crippen molar-refractivity contribution in [3.05, 3.63) is 42.1 Å². The van der Waals surface area contributed by atoms with Crippen LogP contribution in [0.3, 0.4) is 0 Å². The lowest BCUT2D eigenvalue weighted by atomic mass is 9.89. The third-order valence-corrected chi connectivity index (χ3v) is 3.85. The summed E-state index contributed by atoms with van der Waals surface area (Å²) in [5.41, 5.74) is 1.08. The molecule has 1 fully saturated rings. The summed E-state index contributed by atoms with van der Waals surface area (Å²) in [5, 5.41) is 5.32. The first kappa shape index (κ1) is 19.8. The molecule has 26 heavy (non-hydrogen) atoms. The highest BCUT2D eigenvalue weighted by Crippen LogP contribution is 2.31. The molecule has 2 rings (SSSR count). The largest absolute Gasteiger partial charge is 0.494 e. The second-order valence-corrected chi connectivity index (χ2v) is 6.17. The quantitative estimate of drug-likeness (QED) is 0.548. The normalized spacial score (nSPS) is 19.7. The lowest BCUT2D eigenvalue weighted by molar-refractivity contribution is -0.150. The first-order chi connectivity index (χ1) is 12.4. The molecule has 1 aromatic carbocycles. The van der Waals surface area contributed by atoms with E-state index in [1.165, 1.54) is 0 Å². The molecule has 0 aliphatic carbocycles. The van der Waals surface area contributed by atoms with E-state index in [0.29, 0.717) is 18.9 Å². The Morgan fingerprint density at radius 2 is 1.92 bits per heavy atom. The van der Waals surface area contributed by atoms with E-state index in [2.05, 4.69) is 17.2 Å². The molecule has 1 aliphatic rings. The first-order valence-electron chi connectivity index (χ1n) is 8.69. The number of hydrogen-bond donors (Lipinski definition) is 2. The molecule has 142 valence electrons. The van der Waals surface area contributed by atoms with E-state index in [4.69, 9.17) is 14.2 Å². The predicted molar refractivity (Wildman–Crippen MR) is 96.7 cm³/mol. The Balaban J connectivity index is 2.10. The van der Waals surface area contributed by atoms with Crippen LogP contribution in [0.15, 0.2) is 36.5 Å². The summed E-state index contributed by atoms with van der Waals surface area (Å²) in [4.78, 5) is 24.4. The minimum atomic E-state index is -0.732. The van der Waals surface area contributed by atoms with Gasteiger partial charge in [-0.1, -0.05) is 18.7 Å². The minimum absolute atomic E-state index is 0.0657. The number of carbonyl (C=O) groups is 2. The average Bonchev–Trinajstić information content (AvgIpc) is 2.58. The molecule has 0 radical (unpaired) electrons. The maximum Gasteiger partial charge on any atom is 0.319 e. The summed E-state index contributed by atoms with van der Waals surface area (Å²) < 4.78 is 16.1. The molecule has 1 saturated heterocycles. The van der Waals surface area contributed by atoms with E-state index in [-0.39, 0.29) is 12.7 Å². The summed E-state index contributed by atoms with van der Waals surface area (Å²) in [7, 11) is 0. The monoisotopic (exact) mass is 362 g/mol. The molecule has 0 aromatic heterocycles. The van der Waals surface area contributed by atoms with Crippen LogP contribution in [0.2, 0.25) is 0 Å².